The Morgan fingerprint density at radius 2 is 0.542 bits per heavy atom. The van der Waals surface area contributed by atoms with Gasteiger partial charge in [0, 0.05) is 32.3 Å². The molecule has 5 unspecified atom stereocenters. The summed E-state index contributed by atoms with van der Waals surface area (Å²) in [5.41, 5.74) is 36.0. The summed E-state index contributed by atoms with van der Waals surface area (Å²) in [6.07, 6.45) is 0. The maximum atomic E-state index is 2.72. The minimum absolute atomic E-state index is 0.609. The quantitative estimate of drug-likeness (QED) is 0.141. The minimum atomic E-state index is -2.90. The van der Waals surface area contributed by atoms with Gasteiger partial charge in [-0.15, -0.1) is 0 Å². The molecule has 3 aromatic heterocycles. The lowest BCUT2D eigenvalue weighted by Gasteiger charge is -2.50. The summed E-state index contributed by atoms with van der Waals surface area (Å²) >= 11 is 0. The van der Waals surface area contributed by atoms with Crippen molar-refractivity contribution in [3.8, 4) is 50.4 Å². The number of para-hydroxylation sites is 7. The number of hydrogen-bond donors (Lipinski definition) is 0. The van der Waals surface area contributed by atoms with E-state index in [1.165, 1.54) is 246 Å². The summed E-state index contributed by atoms with van der Waals surface area (Å²) in [5, 5.41) is 21.8. The van der Waals surface area contributed by atoms with E-state index in [4.69, 9.17) is 0 Å². The highest BCUT2D eigenvalue weighted by atomic mass is 28.3. The number of fused-ring (bicyclic) bond motifs is 35. The number of aromatic nitrogens is 3. The zero-order valence-corrected chi connectivity index (χ0v) is 76.2. The summed E-state index contributed by atoms with van der Waals surface area (Å²) in [6.45, 7) is 10.6. The monoisotopic (exact) mass is 1710 g/mol. The third kappa shape index (κ3) is 9.36. The Labute approximate surface area is 763 Å². The van der Waals surface area contributed by atoms with E-state index in [0.29, 0.717) is 0 Å². The van der Waals surface area contributed by atoms with Gasteiger partial charge in [-0.2, -0.15) is 0 Å². The predicted octanol–water partition coefficient (Wildman–Crippen LogP) is 26.1. The number of benzene rings is 20. The van der Waals surface area contributed by atoms with Gasteiger partial charge in [0.2, 0.25) is 0 Å². The molecule has 3 spiro atoms. The van der Waals surface area contributed by atoms with E-state index >= 15 is 0 Å². The lowest BCUT2D eigenvalue weighted by atomic mass is 9.62. The molecule has 6 heteroatoms. The topological polar surface area (TPSA) is 14.8 Å². The van der Waals surface area contributed by atoms with Crippen LogP contribution in [0.25, 0.3) is 137 Å². The lowest BCUT2D eigenvalue weighted by molar-refractivity contribution is 0.731. The van der Waals surface area contributed by atoms with Crippen molar-refractivity contribution in [3.63, 3.8) is 0 Å². The fourth-order valence-corrected chi connectivity index (χ4v) is 39.2. The van der Waals surface area contributed by atoms with E-state index in [0.717, 1.165) is 12.1 Å². The smallest absolute Gasteiger partial charge is 0.120 e. The highest BCUT2D eigenvalue weighted by molar-refractivity contribution is 7.03. The standard InChI is InChI=1S/C125H87N3Si3/c1-129(2)114-55-23-16-45-99(114)123(105-74-86(62-67-115(105)129)84-61-60-81-32-8-9-34-83(81)72-84)96-42-13-21-53-112(96)127-109-65-59-79(71-94(109)92-40-28-49-103(123)121(92)127)77-131(4)117-57-25-18-47-101(117)125(107-75-87(64-69-119(107)131)89-38-26-35-82-33-10-11-36-88(82)89)98-44-15-22-54-113(98)128-110-66-58-78(70-95(110)93-41-29-50-104(125)122(93)128)76-130(3)116-56-24-17-46-100(116)124(106-73-85(63-68-118(106)130)80-30-6-5-7-31-80)97-43-14-20-52-111(97)126-108-51-19-12-37-90(108)91-39-27-48-102(124)120(91)126/h5-75H,76-77H2,1-4H3. The molecule has 0 fully saturated rings. The Kier molecular flexibility index (Phi) is 14.9. The molecule has 5 atom stereocenters. The zero-order valence-electron chi connectivity index (χ0n) is 73.2. The molecule has 0 aliphatic carbocycles. The molecule has 614 valence electrons. The maximum absolute atomic E-state index is 2.90. The molecule has 0 saturated heterocycles. The molecule has 23 aromatic rings. The Balaban J connectivity index is 0.615. The van der Waals surface area contributed by atoms with E-state index in [1.54, 1.807) is 0 Å². The fraction of sp³-hybridized carbons (Fsp3) is 0.0720. The molecule has 0 amide bonds. The Morgan fingerprint density at radius 1 is 0.198 bits per heavy atom. The van der Waals surface area contributed by atoms with Crippen LogP contribution in [0.5, 0.6) is 0 Å². The van der Waals surface area contributed by atoms with Crippen molar-refractivity contribution in [2.24, 2.45) is 0 Å². The number of nitrogens with zero attached hydrogens (tertiary/aromatic N) is 3. The normalized spacial score (nSPS) is 19.3. The lowest BCUT2D eigenvalue weighted by Crippen LogP contribution is -2.67. The van der Waals surface area contributed by atoms with Crippen molar-refractivity contribution >= 4 is 142 Å². The molecule has 6 aliphatic rings. The predicted molar refractivity (Wildman–Crippen MR) is 555 cm³/mol. The van der Waals surface area contributed by atoms with E-state index in [2.05, 4.69) is 471 Å². The third-order valence-corrected chi connectivity index (χ3v) is 44.9. The molecule has 0 bridgehead atoms. The van der Waals surface area contributed by atoms with Gasteiger partial charge in [-0.05, 0) is 249 Å². The van der Waals surface area contributed by atoms with E-state index in [1.807, 2.05) is 0 Å². The first-order valence-corrected chi connectivity index (χ1v) is 55.1. The summed E-state index contributed by atoms with van der Waals surface area (Å²) in [7, 11) is -7.98. The average Bonchev–Trinajstić information content (AvgIpc) is 1.65. The molecule has 0 N–H and O–H groups in total. The number of rotatable bonds is 7. The van der Waals surface area contributed by atoms with Gasteiger partial charge in [0.15, 0.2) is 0 Å². The molecule has 6 aliphatic heterocycles. The van der Waals surface area contributed by atoms with Crippen molar-refractivity contribution in [1.82, 2.24) is 13.7 Å². The summed E-state index contributed by atoms with van der Waals surface area (Å²) in [5.74, 6) is 0. The van der Waals surface area contributed by atoms with Gasteiger partial charge in [0.25, 0.3) is 0 Å². The van der Waals surface area contributed by atoms with Crippen LogP contribution in [-0.4, -0.2) is 37.9 Å². The Bertz CT molecular complexity index is 9040. The van der Waals surface area contributed by atoms with Crippen LogP contribution in [0.2, 0.25) is 26.2 Å². The van der Waals surface area contributed by atoms with Crippen LogP contribution >= 0.6 is 0 Å². The fourth-order valence-electron chi connectivity index (χ4n) is 27.3. The molecule has 20 aromatic carbocycles. The molecule has 0 saturated carbocycles. The summed E-state index contributed by atoms with van der Waals surface area (Å²) < 4.78 is 7.92. The first-order chi connectivity index (χ1) is 64.4. The van der Waals surface area contributed by atoms with Crippen LogP contribution in [0.4, 0.5) is 0 Å². The largest absolute Gasteiger partial charge is 0.309 e. The van der Waals surface area contributed by atoms with Crippen LogP contribution < -0.4 is 31.1 Å². The third-order valence-electron chi connectivity index (χ3n) is 32.7. The average molecular weight is 1720 g/mol. The van der Waals surface area contributed by atoms with Gasteiger partial charge in [0.05, 0.1) is 66.4 Å². The molecular formula is C125H87N3Si3. The molecule has 9 heterocycles. The van der Waals surface area contributed by atoms with Crippen LogP contribution in [0, 0.1) is 0 Å². The van der Waals surface area contributed by atoms with Crippen molar-refractivity contribution in [1.29, 1.82) is 0 Å². The molecule has 29 rings (SSSR count). The van der Waals surface area contributed by atoms with Crippen molar-refractivity contribution in [2.75, 3.05) is 0 Å². The van der Waals surface area contributed by atoms with Crippen LogP contribution in [-0.2, 0) is 28.3 Å². The second-order valence-corrected chi connectivity index (χ2v) is 51.7. The second-order valence-electron chi connectivity index (χ2n) is 39.1. The van der Waals surface area contributed by atoms with Crippen molar-refractivity contribution < 1.29 is 0 Å². The highest BCUT2D eigenvalue weighted by Crippen LogP contribution is 2.61. The van der Waals surface area contributed by atoms with Crippen molar-refractivity contribution in [3.05, 3.63) is 509 Å². The van der Waals surface area contributed by atoms with Gasteiger partial charge < -0.3 is 13.7 Å². The van der Waals surface area contributed by atoms with E-state index in [-0.39, 0.29) is 0 Å². The van der Waals surface area contributed by atoms with Gasteiger partial charge in [-0.25, -0.2) is 0 Å². The summed E-state index contributed by atoms with van der Waals surface area (Å²) in [4.78, 5) is 0. The van der Waals surface area contributed by atoms with E-state index < -0.39 is 40.5 Å². The van der Waals surface area contributed by atoms with Crippen LogP contribution in [0.15, 0.2) is 431 Å². The molecule has 3 nitrogen and oxygen atoms in total. The number of hydrogen-bond acceptors (Lipinski definition) is 0. The van der Waals surface area contributed by atoms with E-state index in [9.17, 15) is 0 Å². The zero-order chi connectivity index (χ0) is 86.3. The Hall–Kier alpha value is -15.0. The molecule has 131 heavy (non-hydrogen) atoms. The molecular weight excluding hydrogens is 1630 g/mol. The minimum Gasteiger partial charge on any atom is -0.309 e. The molecule has 0 radical (unpaired) electrons. The SMILES string of the molecule is C[Si]1(C)c2ccccc2C2(c3ccccc3-n3c4ccc(C[Si]5(C)c6ccccc6C6(c7ccccc7-n7c8ccc(C[Si]9(C)c%10ccccc%10C%10(c%11ccccc%11-n%11c%12ccccc%12c%12cccc%10c%12%11)c%10cc(-c%11ccccc%11)ccc%109)cc8c8cccc6c87)c6cc(-c7cccc8ccccc78)ccc65)cc4c4cccc2c43)c2cc(-c3ccc4ccccc4c3)ccc21. The van der Waals surface area contributed by atoms with Gasteiger partial charge >= 0.3 is 0 Å². The van der Waals surface area contributed by atoms with Gasteiger partial charge in [-0.1, -0.05) is 384 Å². The summed E-state index contributed by atoms with van der Waals surface area (Å²) in [6, 6.07) is 172. The van der Waals surface area contributed by atoms with Gasteiger partial charge in [-0.3, -0.25) is 0 Å². The second kappa shape index (κ2) is 26.4. The first kappa shape index (κ1) is 74.0. The van der Waals surface area contributed by atoms with Crippen LogP contribution in [0.1, 0.15) is 77.9 Å². The first-order valence-electron chi connectivity index (χ1n) is 46.7. The Morgan fingerprint density at radius 3 is 1.09 bits per heavy atom. The van der Waals surface area contributed by atoms with Crippen molar-refractivity contribution in [2.45, 2.75) is 54.5 Å². The van der Waals surface area contributed by atoms with Gasteiger partial charge in [0.1, 0.15) is 24.2 Å². The van der Waals surface area contributed by atoms with Crippen LogP contribution in [0.3, 0.4) is 0 Å². The maximum Gasteiger partial charge on any atom is 0.120 e. The highest BCUT2D eigenvalue weighted by Gasteiger charge is 2.59.